The van der Waals surface area contributed by atoms with Crippen molar-refractivity contribution in [3.05, 3.63) is 159 Å². The second kappa shape index (κ2) is 14.0. The topological polar surface area (TPSA) is 88.2 Å². The van der Waals surface area contributed by atoms with E-state index in [1.54, 1.807) is 37.4 Å². The highest BCUT2D eigenvalue weighted by molar-refractivity contribution is 6.39. The number of rotatable bonds is 8. The fraction of sp³-hybridized carbons (Fsp3) is 0.186. The molecule has 5 aromatic rings. The number of benzene rings is 5. The van der Waals surface area contributed by atoms with Crippen molar-refractivity contribution in [2.75, 3.05) is 30.0 Å². The van der Waals surface area contributed by atoms with Crippen molar-refractivity contribution in [3.63, 3.8) is 0 Å². The molecule has 3 heterocycles. The van der Waals surface area contributed by atoms with Crippen LogP contribution in [-0.2, 0) is 16.2 Å². The molecular formula is C43H36ClN3O5. The first-order chi connectivity index (χ1) is 25.4. The molecule has 1 saturated heterocycles. The minimum atomic E-state index is -0.788. The summed E-state index contributed by atoms with van der Waals surface area (Å²) in [6, 6.07) is 36.3. The Morgan fingerprint density at radius 2 is 1.40 bits per heavy atom. The Bertz CT molecular complexity index is 2130. The molecule has 4 amide bonds. The van der Waals surface area contributed by atoms with E-state index in [1.165, 1.54) is 22.9 Å². The van der Waals surface area contributed by atoms with Gasteiger partial charge in [0.05, 0.1) is 12.8 Å². The van der Waals surface area contributed by atoms with Crippen molar-refractivity contribution < 1.29 is 23.9 Å². The molecule has 2 atom stereocenters. The van der Waals surface area contributed by atoms with Crippen molar-refractivity contribution in [1.82, 2.24) is 5.32 Å². The van der Waals surface area contributed by atoms with Crippen LogP contribution in [0.15, 0.2) is 121 Å². The zero-order valence-corrected chi connectivity index (χ0v) is 29.3. The molecule has 0 spiro atoms. The van der Waals surface area contributed by atoms with Crippen LogP contribution >= 0.6 is 11.6 Å². The average Bonchev–Trinajstić information content (AvgIpc) is 3.17. The van der Waals surface area contributed by atoms with Crippen molar-refractivity contribution in [1.29, 1.82) is 0 Å². The van der Waals surface area contributed by atoms with Crippen LogP contribution in [0.5, 0.6) is 11.5 Å². The SMILES string of the molecule is COc1ccc(/C=C2\C(=O)NC(=O)N(c3cc4c5c(c3)[C@@H](c3ccccc3)CCN5CC[C@@H]4c3ccccc3)C2=O)c(OCc2ccc(Cl)cc2)c1. The van der Waals surface area contributed by atoms with Crippen LogP contribution < -0.4 is 24.6 Å². The van der Waals surface area contributed by atoms with Gasteiger partial charge in [0.1, 0.15) is 23.7 Å². The Morgan fingerprint density at radius 3 is 2.00 bits per heavy atom. The number of barbiturate groups is 1. The van der Waals surface area contributed by atoms with Gasteiger partial charge < -0.3 is 14.4 Å². The summed E-state index contributed by atoms with van der Waals surface area (Å²) in [7, 11) is 1.55. The van der Waals surface area contributed by atoms with Crippen LogP contribution in [0.2, 0.25) is 5.02 Å². The second-order valence-corrected chi connectivity index (χ2v) is 13.7. The van der Waals surface area contributed by atoms with Crippen molar-refractivity contribution in [2.24, 2.45) is 0 Å². The minimum Gasteiger partial charge on any atom is -0.497 e. The Labute approximate surface area is 307 Å². The molecule has 0 unspecified atom stereocenters. The van der Waals surface area contributed by atoms with Gasteiger partial charge in [0.15, 0.2) is 0 Å². The third-order valence-corrected chi connectivity index (χ3v) is 10.4. The van der Waals surface area contributed by atoms with Crippen LogP contribution in [-0.4, -0.2) is 38.0 Å². The monoisotopic (exact) mass is 709 g/mol. The minimum absolute atomic E-state index is 0.0694. The summed E-state index contributed by atoms with van der Waals surface area (Å²) in [6.45, 7) is 2.04. The zero-order valence-electron chi connectivity index (χ0n) is 28.6. The molecule has 52 heavy (non-hydrogen) atoms. The van der Waals surface area contributed by atoms with E-state index in [0.29, 0.717) is 27.8 Å². The van der Waals surface area contributed by atoms with Gasteiger partial charge in [-0.25, -0.2) is 9.69 Å². The summed E-state index contributed by atoms with van der Waals surface area (Å²) in [5.74, 6) is -0.403. The van der Waals surface area contributed by atoms with Crippen LogP contribution in [0.1, 0.15) is 58.1 Å². The van der Waals surface area contributed by atoms with Crippen LogP contribution in [0, 0.1) is 0 Å². The van der Waals surface area contributed by atoms with Gasteiger partial charge >= 0.3 is 6.03 Å². The standard InChI is InChI=1S/C43H36ClN3O5/c1-51-33-17-14-30(39(25-33)52-26-27-12-15-31(44)16-13-27)22-38-41(48)45-43(50)47(42(38)49)32-23-36-34(28-8-4-2-5-9-28)18-20-46-21-19-35(37(24-32)40(36)46)29-10-6-3-7-11-29/h2-17,22-25,34-35H,18-21,26H2,1H3,(H,45,48,50)/b38-22+/t34-,35-/m1/s1. The van der Waals surface area contributed by atoms with Crippen LogP contribution in [0.4, 0.5) is 16.2 Å². The molecule has 8 rings (SSSR count). The predicted octanol–water partition coefficient (Wildman–Crippen LogP) is 8.47. The fourth-order valence-corrected chi connectivity index (χ4v) is 7.77. The molecule has 9 heteroatoms. The number of ether oxygens (including phenoxy) is 2. The average molecular weight is 710 g/mol. The molecule has 8 nitrogen and oxygen atoms in total. The lowest BCUT2D eigenvalue weighted by atomic mass is 9.76. The lowest BCUT2D eigenvalue weighted by Crippen LogP contribution is -2.54. The van der Waals surface area contributed by atoms with Gasteiger partial charge in [-0.1, -0.05) is 84.4 Å². The summed E-state index contributed by atoms with van der Waals surface area (Å²) in [4.78, 5) is 45.0. The van der Waals surface area contributed by atoms with Gasteiger partial charge in [-0.15, -0.1) is 0 Å². The van der Waals surface area contributed by atoms with Crippen LogP contribution in [0.3, 0.4) is 0 Å². The number of methoxy groups -OCH3 is 1. The van der Waals surface area contributed by atoms with E-state index < -0.39 is 17.8 Å². The number of nitrogens with zero attached hydrogens (tertiary/aromatic N) is 2. The summed E-state index contributed by atoms with van der Waals surface area (Å²) in [5, 5.41) is 3.04. The molecule has 0 aromatic heterocycles. The zero-order chi connectivity index (χ0) is 35.8. The first-order valence-corrected chi connectivity index (χ1v) is 17.7. The second-order valence-electron chi connectivity index (χ2n) is 13.2. The Morgan fingerprint density at radius 1 is 0.788 bits per heavy atom. The lowest BCUT2D eigenvalue weighted by molar-refractivity contribution is -0.122. The molecular weight excluding hydrogens is 674 g/mol. The van der Waals surface area contributed by atoms with Gasteiger partial charge in [-0.2, -0.15) is 0 Å². The number of urea groups is 1. The van der Waals surface area contributed by atoms with Gasteiger partial charge in [0.2, 0.25) is 0 Å². The molecule has 260 valence electrons. The fourth-order valence-electron chi connectivity index (χ4n) is 7.64. The van der Waals surface area contributed by atoms with Gasteiger partial charge in [-0.05, 0) is 83.1 Å². The van der Waals surface area contributed by atoms with Crippen molar-refractivity contribution in [3.8, 4) is 11.5 Å². The summed E-state index contributed by atoms with van der Waals surface area (Å²) in [5.41, 5.74) is 7.27. The Hall–Kier alpha value is -5.86. The normalized spacial score (nSPS) is 19.0. The largest absolute Gasteiger partial charge is 0.497 e. The molecule has 5 aromatic carbocycles. The van der Waals surface area contributed by atoms with Gasteiger partial charge in [-0.3, -0.25) is 14.9 Å². The van der Waals surface area contributed by atoms with E-state index in [2.05, 4.69) is 34.5 Å². The van der Waals surface area contributed by atoms with E-state index in [1.807, 2.05) is 60.7 Å². The molecule has 3 aliphatic rings. The summed E-state index contributed by atoms with van der Waals surface area (Å²) >= 11 is 6.06. The molecule has 1 N–H and O–H groups in total. The maximum Gasteiger partial charge on any atom is 0.335 e. The number of carbonyl (C=O) groups excluding carboxylic acids is 3. The lowest BCUT2D eigenvalue weighted by Gasteiger charge is -2.44. The molecule has 3 aliphatic heterocycles. The maximum atomic E-state index is 14.4. The van der Waals surface area contributed by atoms with Crippen LogP contribution in [0.25, 0.3) is 6.08 Å². The van der Waals surface area contributed by atoms with Gasteiger partial charge in [0, 0.05) is 47.3 Å². The number of nitrogens with one attached hydrogen (secondary N) is 1. The highest BCUT2D eigenvalue weighted by Crippen LogP contribution is 2.50. The first-order valence-electron chi connectivity index (χ1n) is 17.4. The number of hydrogen-bond acceptors (Lipinski definition) is 6. The van der Waals surface area contributed by atoms with E-state index in [9.17, 15) is 14.4 Å². The van der Waals surface area contributed by atoms with Crippen molar-refractivity contribution in [2.45, 2.75) is 31.3 Å². The third kappa shape index (κ3) is 6.31. The number of anilines is 2. The Balaban J connectivity index is 1.21. The quantitative estimate of drug-likeness (QED) is 0.129. The van der Waals surface area contributed by atoms with Crippen molar-refractivity contribution >= 4 is 46.9 Å². The number of hydrogen-bond donors (Lipinski definition) is 1. The third-order valence-electron chi connectivity index (χ3n) is 10.2. The molecule has 0 radical (unpaired) electrons. The Kier molecular flexibility index (Phi) is 8.99. The highest BCUT2D eigenvalue weighted by atomic mass is 35.5. The van der Waals surface area contributed by atoms with Gasteiger partial charge in [0.25, 0.3) is 11.8 Å². The molecule has 1 fully saturated rings. The number of amides is 4. The van der Waals surface area contributed by atoms with E-state index >= 15 is 0 Å². The number of carbonyl (C=O) groups is 3. The highest BCUT2D eigenvalue weighted by Gasteiger charge is 2.40. The maximum absolute atomic E-state index is 14.4. The van der Waals surface area contributed by atoms with E-state index in [4.69, 9.17) is 21.1 Å². The predicted molar refractivity (Wildman–Crippen MR) is 202 cm³/mol. The number of imide groups is 2. The summed E-state index contributed by atoms with van der Waals surface area (Å²) in [6.07, 6.45) is 3.27. The molecule has 0 aliphatic carbocycles. The van der Waals surface area contributed by atoms with E-state index in [0.717, 1.165) is 47.5 Å². The summed E-state index contributed by atoms with van der Waals surface area (Å²) < 4.78 is 11.6. The first kappa shape index (κ1) is 33.3. The molecule has 0 bridgehead atoms. The molecule has 0 saturated carbocycles. The smallest absolute Gasteiger partial charge is 0.335 e. The number of halogens is 1. The van der Waals surface area contributed by atoms with E-state index in [-0.39, 0.29) is 24.0 Å².